The number of hydrogen-bond donors (Lipinski definition) is 2. The molecule has 0 bridgehead atoms. The fourth-order valence-electron chi connectivity index (χ4n) is 2.31. The number of aliphatic hydroxyl groups is 1. The van der Waals surface area contributed by atoms with E-state index in [4.69, 9.17) is 0 Å². The molecule has 1 aliphatic heterocycles. The Hall–Kier alpha value is -1.06. The lowest BCUT2D eigenvalue weighted by Gasteiger charge is -2.29. The Balaban J connectivity index is 1.67. The van der Waals surface area contributed by atoms with Crippen LogP contribution in [0.25, 0.3) is 0 Å². The summed E-state index contributed by atoms with van der Waals surface area (Å²) in [6.45, 7) is 3.15. The summed E-state index contributed by atoms with van der Waals surface area (Å²) in [5.74, 6) is 0.332. The lowest BCUT2D eigenvalue weighted by atomic mass is 10.1. The molecule has 0 radical (unpaired) electrons. The number of phenolic OH excluding ortho intramolecular Hbond substituents is 1. The van der Waals surface area contributed by atoms with Crippen LogP contribution in [0.4, 0.5) is 0 Å². The van der Waals surface area contributed by atoms with Crippen molar-refractivity contribution in [3.8, 4) is 5.75 Å². The first-order valence-electron chi connectivity index (χ1n) is 6.42. The van der Waals surface area contributed by atoms with Gasteiger partial charge < -0.3 is 15.1 Å². The molecule has 0 saturated carbocycles. The Morgan fingerprint density at radius 1 is 1.12 bits per heavy atom. The maximum absolute atomic E-state index is 9.41. The molecule has 0 spiro atoms. The smallest absolute Gasteiger partial charge is 0.115 e. The van der Waals surface area contributed by atoms with Gasteiger partial charge in [0.15, 0.2) is 0 Å². The van der Waals surface area contributed by atoms with Crippen molar-refractivity contribution in [1.82, 2.24) is 4.90 Å². The molecule has 1 saturated heterocycles. The third-order valence-electron chi connectivity index (χ3n) is 3.43. The Bertz CT molecular complexity index is 329. The molecule has 0 atom stereocenters. The minimum absolute atomic E-state index is 0.0802. The van der Waals surface area contributed by atoms with E-state index in [0.29, 0.717) is 5.75 Å². The van der Waals surface area contributed by atoms with Gasteiger partial charge in [0.1, 0.15) is 5.75 Å². The highest BCUT2D eigenvalue weighted by Gasteiger charge is 2.15. The number of aryl methyl sites for hydroxylation is 1. The van der Waals surface area contributed by atoms with Crippen LogP contribution in [0.2, 0.25) is 0 Å². The van der Waals surface area contributed by atoms with Crippen molar-refractivity contribution in [3.05, 3.63) is 29.8 Å². The quantitative estimate of drug-likeness (QED) is 0.836. The summed E-state index contributed by atoms with van der Waals surface area (Å²) in [4.78, 5) is 2.42. The van der Waals surface area contributed by atoms with Gasteiger partial charge in [-0.05, 0) is 49.9 Å². The van der Waals surface area contributed by atoms with Crippen molar-refractivity contribution in [2.45, 2.75) is 31.8 Å². The van der Waals surface area contributed by atoms with Crippen molar-refractivity contribution < 1.29 is 10.2 Å². The van der Waals surface area contributed by atoms with Crippen LogP contribution in [0.3, 0.4) is 0 Å². The number of piperidine rings is 1. The van der Waals surface area contributed by atoms with Crippen molar-refractivity contribution in [2.75, 3.05) is 19.6 Å². The number of nitrogens with zero attached hydrogens (tertiary/aromatic N) is 1. The minimum atomic E-state index is -0.0802. The lowest BCUT2D eigenvalue weighted by Crippen LogP contribution is -2.36. The summed E-state index contributed by atoms with van der Waals surface area (Å²) in [7, 11) is 0. The Morgan fingerprint density at radius 3 is 2.41 bits per heavy atom. The molecule has 94 valence electrons. The molecule has 0 amide bonds. The highest BCUT2D eigenvalue weighted by atomic mass is 16.3. The zero-order valence-electron chi connectivity index (χ0n) is 10.2. The van der Waals surface area contributed by atoms with Crippen LogP contribution in [-0.2, 0) is 6.42 Å². The molecule has 2 rings (SSSR count). The minimum Gasteiger partial charge on any atom is -0.508 e. The zero-order valence-corrected chi connectivity index (χ0v) is 10.2. The number of hydrogen-bond acceptors (Lipinski definition) is 3. The van der Waals surface area contributed by atoms with E-state index in [0.717, 1.165) is 45.3 Å². The van der Waals surface area contributed by atoms with Gasteiger partial charge in [0, 0.05) is 13.1 Å². The van der Waals surface area contributed by atoms with Crippen molar-refractivity contribution >= 4 is 0 Å². The first-order valence-corrected chi connectivity index (χ1v) is 6.42. The van der Waals surface area contributed by atoms with Gasteiger partial charge in [-0.15, -0.1) is 0 Å². The Kier molecular flexibility index (Phi) is 4.40. The van der Waals surface area contributed by atoms with Crippen molar-refractivity contribution in [3.63, 3.8) is 0 Å². The SMILES string of the molecule is Oc1ccc(CCCN2CCC(O)CC2)cc1. The summed E-state index contributed by atoms with van der Waals surface area (Å²) < 4.78 is 0. The summed E-state index contributed by atoms with van der Waals surface area (Å²) in [5.41, 5.74) is 1.28. The van der Waals surface area contributed by atoms with Crippen LogP contribution in [-0.4, -0.2) is 40.9 Å². The van der Waals surface area contributed by atoms with Gasteiger partial charge in [0.25, 0.3) is 0 Å². The summed E-state index contributed by atoms with van der Waals surface area (Å²) in [6, 6.07) is 7.45. The van der Waals surface area contributed by atoms with Gasteiger partial charge in [0.2, 0.25) is 0 Å². The van der Waals surface area contributed by atoms with Gasteiger partial charge in [-0.1, -0.05) is 12.1 Å². The van der Waals surface area contributed by atoms with E-state index in [2.05, 4.69) is 4.90 Å². The average molecular weight is 235 g/mol. The lowest BCUT2D eigenvalue weighted by molar-refractivity contribution is 0.0821. The molecule has 2 N–H and O–H groups in total. The van der Waals surface area contributed by atoms with Crippen LogP contribution in [0.5, 0.6) is 5.75 Å². The second-order valence-electron chi connectivity index (χ2n) is 4.84. The van der Waals surface area contributed by atoms with Crippen LogP contribution in [0.15, 0.2) is 24.3 Å². The van der Waals surface area contributed by atoms with Gasteiger partial charge >= 0.3 is 0 Å². The molecule has 3 nitrogen and oxygen atoms in total. The zero-order chi connectivity index (χ0) is 12.1. The summed E-state index contributed by atoms with van der Waals surface area (Å²) in [6.07, 6.45) is 3.95. The second kappa shape index (κ2) is 6.03. The van der Waals surface area contributed by atoms with E-state index < -0.39 is 0 Å². The Labute approximate surface area is 103 Å². The molecule has 1 aromatic carbocycles. The number of aliphatic hydroxyl groups excluding tert-OH is 1. The van der Waals surface area contributed by atoms with Crippen LogP contribution in [0.1, 0.15) is 24.8 Å². The third-order valence-corrected chi connectivity index (χ3v) is 3.43. The van der Waals surface area contributed by atoms with Crippen molar-refractivity contribution in [2.24, 2.45) is 0 Å². The molecule has 1 fully saturated rings. The van der Waals surface area contributed by atoms with Crippen LogP contribution < -0.4 is 0 Å². The highest BCUT2D eigenvalue weighted by Crippen LogP contribution is 2.13. The van der Waals surface area contributed by atoms with E-state index in [1.807, 2.05) is 12.1 Å². The number of phenols is 1. The third kappa shape index (κ3) is 4.02. The molecule has 0 unspecified atom stereocenters. The highest BCUT2D eigenvalue weighted by molar-refractivity contribution is 5.25. The maximum Gasteiger partial charge on any atom is 0.115 e. The fourth-order valence-corrected chi connectivity index (χ4v) is 2.31. The van der Waals surface area contributed by atoms with E-state index in [1.54, 1.807) is 12.1 Å². The average Bonchev–Trinajstić information content (AvgIpc) is 2.34. The first-order chi connectivity index (χ1) is 8.24. The molecule has 1 aliphatic rings. The van der Waals surface area contributed by atoms with E-state index in [9.17, 15) is 10.2 Å². The molecule has 1 aromatic rings. The predicted molar refractivity (Wildman–Crippen MR) is 68.1 cm³/mol. The van der Waals surface area contributed by atoms with E-state index >= 15 is 0 Å². The molecule has 0 aromatic heterocycles. The van der Waals surface area contributed by atoms with Gasteiger partial charge in [-0.25, -0.2) is 0 Å². The van der Waals surface area contributed by atoms with Gasteiger partial charge in [-0.3, -0.25) is 0 Å². The molecule has 17 heavy (non-hydrogen) atoms. The number of rotatable bonds is 4. The monoisotopic (exact) mass is 235 g/mol. The van der Waals surface area contributed by atoms with Crippen LogP contribution in [0, 0.1) is 0 Å². The number of likely N-dealkylation sites (tertiary alicyclic amines) is 1. The molecular formula is C14H21NO2. The van der Waals surface area contributed by atoms with Gasteiger partial charge in [-0.2, -0.15) is 0 Å². The topological polar surface area (TPSA) is 43.7 Å². The van der Waals surface area contributed by atoms with E-state index in [1.165, 1.54) is 5.56 Å². The molecule has 3 heteroatoms. The Morgan fingerprint density at radius 2 is 1.76 bits per heavy atom. The largest absolute Gasteiger partial charge is 0.508 e. The number of benzene rings is 1. The second-order valence-corrected chi connectivity index (χ2v) is 4.84. The molecule has 1 heterocycles. The van der Waals surface area contributed by atoms with Crippen LogP contribution >= 0.6 is 0 Å². The predicted octanol–water partition coefficient (Wildman–Crippen LogP) is 1.78. The standard InChI is InChI=1S/C14H21NO2/c16-13-5-3-12(4-6-13)2-1-9-15-10-7-14(17)8-11-15/h3-6,14,16-17H,1-2,7-11H2. The normalized spacial score (nSPS) is 18.4. The maximum atomic E-state index is 9.41. The first kappa shape index (κ1) is 12.4. The molecular weight excluding hydrogens is 214 g/mol. The fraction of sp³-hybridized carbons (Fsp3) is 0.571. The summed E-state index contributed by atoms with van der Waals surface area (Å²) >= 11 is 0. The van der Waals surface area contributed by atoms with Gasteiger partial charge in [0.05, 0.1) is 6.10 Å². The number of aromatic hydroxyl groups is 1. The van der Waals surface area contributed by atoms with Crippen molar-refractivity contribution in [1.29, 1.82) is 0 Å². The summed E-state index contributed by atoms with van der Waals surface area (Å²) in [5, 5.41) is 18.6. The molecule has 0 aliphatic carbocycles. The van der Waals surface area contributed by atoms with E-state index in [-0.39, 0.29) is 6.10 Å².